The van der Waals surface area contributed by atoms with Gasteiger partial charge in [-0.3, -0.25) is 40.9 Å². The van der Waals surface area contributed by atoms with Crippen molar-refractivity contribution >= 4 is 23.6 Å². The number of aryl methyl sites for hydroxylation is 2. The highest BCUT2D eigenvalue weighted by atomic mass is 16.5. The smallest absolute Gasteiger partial charge is 0.269 e. The summed E-state index contributed by atoms with van der Waals surface area (Å²) in [7, 11) is 0. The van der Waals surface area contributed by atoms with Gasteiger partial charge in [-0.1, -0.05) is 35.4 Å². The van der Waals surface area contributed by atoms with Crippen molar-refractivity contribution in [2.75, 3.05) is 13.2 Å². The van der Waals surface area contributed by atoms with Crippen molar-refractivity contribution < 1.29 is 28.7 Å². The second-order valence-electron chi connectivity index (χ2n) is 10.7. The van der Waals surface area contributed by atoms with E-state index in [4.69, 9.17) is 9.47 Å². The minimum Gasteiger partial charge on any atom is -0.494 e. The van der Waals surface area contributed by atoms with E-state index in [0.717, 1.165) is 36.8 Å². The molecule has 0 radical (unpaired) electrons. The number of unbranched alkanes of at least 4 members (excludes halogenated alkanes) is 3. The zero-order valence-corrected chi connectivity index (χ0v) is 25.9. The van der Waals surface area contributed by atoms with E-state index >= 15 is 0 Å². The molecule has 238 valence electrons. The third-order valence-corrected chi connectivity index (χ3v) is 7.02. The number of carbonyl (C=O) groups is 4. The minimum atomic E-state index is -0.421. The summed E-state index contributed by atoms with van der Waals surface area (Å²) in [6, 6.07) is 27.6. The fourth-order valence-electron chi connectivity index (χ4n) is 4.27. The lowest BCUT2D eigenvalue weighted by Gasteiger charge is -2.10. The number of amides is 4. The molecule has 0 saturated carbocycles. The lowest BCUT2D eigenvalue weighted by molar-refractivity contribution is 0.0846. The summed E-state index contributed by atoms with van der Waals surface area (Å²) in [5.74, 6) is -0.300. The Hall–Kier alpha value is -5.64. The number of hydrazine groups is 2. The molecule has 10 nitrogen and oxygen atoms in total. The van der Waals surface area contributed by atoms with Crippen molar-refractivity contribution in [3.05, 3.63) is 130 Å². The Bertz CT molecular complexity index is 1480. The highest BCUT2D eigenvalue weighted by Gasteiger charge is 2.11. The predicted octanol–water partition coefficient (Wildman–Crippen LogP) is 5.47. The minimum absolute atomic E-state index is 0.390. The van der Waals surface area contributed by atoms with Crippen LogP contribution in [0.5, 0.6) is 11.5 Å². The van der Waals surface area contributed by atoms with Crippen LogP contribution in [0, 0.1) is 13.8 Å². The van der Waals surface area contributed by atoms with Gasteiger partial charge < -0.3 is 9.47 Å². The maximum absolute atomic E-state index is 12.4. The maximum Gasteiger partial charge on any atom is 0.269 e. The van der Waals surface area contributed by atoms with Crippen molar-refractivity contribution in [1.82, 2.24) is 21.7 Å². The second-order valence-corrected chi connectivity index (χ2v) is 10.7. The molecule has 0 aliphatic rings. The monoisotopic (exact) mass is 622 g/mol. The van der Waals surface area contributed by atoms with Crippen molar-refractivity contribution in [1.29, 1.82) is 0 Å². The molecular weight excluding hydrogens is 584 g/mol. The fraction of sp³-hybridized carbons (Fsp3) is 0.222. The van der Waals surface area contributed by atoms with Crippen molar-refractivity contribution in [3.8, 4) is 11.5 Å². The molecule has 0 atom stereocenters. The van der Waals surface area contributed by atoms with Crippen LogP contribution < -0.4 is 31.2 Å². The van der Waals surface area contributed by atoms with E-state index in [0.29, 0.717) is 47.0 Å². The quantitative estimate of drug-likeness (QED) is 0.115. The Morgan fingerprint density at radius 1 is 0.413 bits per heavy atom. The number of hydrogen-bond acceptors (Lipinski definition) is 6. The first kappa shape index (κ1) is 33.3. The molecule has 4 N–H and O–H groups in total. The Kier molecular flexibility index (Phi) is 12.3. The molecule has 4 aromatic rings. The van der Waals surface area contributed by atoms with Gasteiger partial charge in [-0.25, -0.2) is 0 Å². The fourth-order valence-corrected chi connectivity index (χ4v) is 4.27. The van der Waals surface area contributed by atoms with Crippen LogP contribution in [-0.2, 0) is 0 Å². The Balaban J connectivity index is 1.04. The normalized spacial score (nSPS) is 10.4. The van der Waals surface area contributed by atoms with Gasteiger partial charge in [0.05, 0.1) is 13.2 Å². The van der Waals surface area contributed by atoms with Gasteiger partial charge in [-0.15, -0.1) is 0 Å². The van der Waals surface area contributed by atoms with Gasteiger partial charge in [0.25, 0.3) is 23.6 Å². The summed E-state index contributed by atoms with van der Waals surface area (Å²) < 4.78 is 11.6. The molecule has 0 aromatic heterocycles. The third kappa shape index (κ3) is 10.5. The van der Waals surface area contributed by atoms with Gasteiger partial charge in [0, 0.05) is 22.3 Å². The van der Waals surface area contributed by atoms with Gasteiger partial charge in [0.1, 0.15) is 11.5 Å². The van der Waals surface area contributed by atoms with Crippen LogP contribution in [0.2, 0.25) is 0 Å². The highest BCUT2D eigenvalue weighted by Crippen LogP contribution is 2.15. The average molecular weight is 623 g/mol. The third-order valence-electron chi connectivity index (χ3n) is 7.02. The van der Waals surface area contributed by atoms with Crippen molar-refractivity contribution in [2.45, 2.75) is 39.5 Å². The first-order valence-electron chi connectivity index (χ1n) is 15.1. The molecule has 0 saturated heterocycles. The molecule has 0 unspecified atom stereocenters. The second kappa shape index (κ2) is 17.0. The van der Waals surface area contributed by atoms with Crippen molar-refractivity contribution in [2.24, 2.45) is 0 Å². The van der Waals surface area contributed by atoms with Gasteiger partial charge in [0.15, 0.2) is 0 Å². The SMILES string of the molecule is Cc1ccc(C(=O)NNC(=O)c2ccc(OCCCCCCOc3ccc(C(=O)NNC(=O)c4ccc(C)cc4)cc3)cc2)cc1. The zero-order valence-electron chi connectivity index (χ0n) is 25.9. The first-order valence-corrected chi connectivity index (χ1v) is 15.1. The zero-order chi connectivity index (χ0) is 32.7. The summed E-state index contributed by atoms with van der Waals surface area (Å²) in [4.78, 5) is 49.0. The summed E-state index contributed by atoms with van der Waals surface area (Å²) in [6.45, 7) is 4.97. The standard InChI is InChI=1S/C36H38N4O6/c1-25-7-11-27(12-8-25)33(41)37-39-35(43)29-15-19-31(20-16-29)45-23-5-3-4-6-24-46-32-21-17-30(18-22-32)36(44)40-38-34(42)28-13-9-26(2)10-14-28/h7-22H,3-6,23-24H2,1-2H3,(H,37,41)(H,38,42)(H,39,43)(H,40,44). The van der Waals surface area contributed by atoms with Crippen LogP contribution in [-0.4, -0.2) is 36.8 Å². The van der Waals surface area contributed by atoms with Crippen LogP contribution in [0.3, 0.4) is 0 Å². The molecule has 0 aliphatic heterocycles. The number of ether oxygens (including phenoxy) is 2. The molecule has 4 aromatic carbocycles. The first-order chi connectivity index (χ1) is 22.3. The number of hydrogen-bond donors (Lipinski definition) is 4. The Labute approximate surface area is 268 Å². The van der Waals surface area contributed by atoms with Crippen LogP contribution in [0.1, 0.15) is 78.2 Å². The van der Waals surface area contributed by atoms with Gasteiger partial charge >= 0.3 is 0 Å². The van der Waals surface area contributed by atoms with Crippen LogP contribution in [0.25, 0.3) is 0 Å². The summed E-state index contributed by atoms with van der Waals surface area (Å²) >= 11 is 0. The molecule has 0 fully saturated rings. The molecular formula is C36H38N4O6. The lowest BCUT2D eigenvalue weighted by Crippen LogP contribution is -2.41. The molecule has 4 amide bonds. The molecule has 4 rings (SSSR count). The molecule has 0 bridgehead atoms. The van der Waals surface area contributed by atoms with Gasteiger partial charge in [0.2, 0.25) is 0 Å². The molecule has 10 heteroatoms. The number of benzene rings is 4. The van der Waals surface area contributed by atoms with E-state index in [2.05, 4.69) is 21.7 Å². The molecule has 0 spiro atoms. The number of nitrogens with one attached hydrogen (secondary N) is 4. The van der Waals surface area contributed by atoms with Crippen molar-refractivity contribution in [3.63, 3.8) is 0 Å². The molecule has 0 heterocycles. The summed E-state index contributed by atoms with van der Waals surface area (Å²) in [5, 5.41) is 0. The maximum atomic E-state index is 12.4. The van der Waals surface area contributed by atoms with Crippen LogP contribution in [0.4, 0.5) is 0 Å². The van der Waals surface area contributed by atoms with E-state index in [9.17, 15) is 19.2 Å². The largest absolute Gasteiger partial charge is 0.494 e. The number of rotatable bonds is 13. The average Bonchev–Trinajstić information content (AvgIpc) is 3.08. The topological polar surface area (TPSA) is 135 Å². The summed E-state index contributed by atoms with van der Waals surface area (Å²) in [5.41, 5.74) is 13.5. The lowest BCUT2D eigenvalue weighted by atomic mass is 10.1. The van der Waals surface area contributed by atoms with Crippen LogP contribution >= 0.6 is 0 Å². The predicted molar refractivity (Wildman–Crippen MR) is 175 cm³/mol. The number of carbonyl (C=O) groups excluding carboxylic acids is 4. The van der Waals surface area contributed by atoms with E-state index in [-0.39, 0.29) is 0 Å². The van der Waals surface area contributed by atoms with Gasteiger partial charge in [-0.2, -0.15) is 0 Å². The van der Waals surface area contributed by atoms with Crippen LogP contribution in [0.15, 0.2) is 97.1 Å². The van der Waals surface area contributed by atoms with Gasteiger partial charge in [-0.05, 0) is 112 Å². The Morgan fingerprint density at radius 2 is 0.674 bits per heavy atom. The Morgan fingerprint density at radius 3 is 0.957 bits per heavy atom. The highest BCUT2D eigenvalue weighted by molar-refractivity contribution is 6.00. The molecule has 0 aliphatic carbocycles. The van der Waals surface area contributed by atoms with E-state index in [1.165, 1.54) is 0 Å². The van der Waals surface area contributed by atoms with E-state index < -0.39 is 23.6 Å². The summed E-state index contributed by atoms with van der Waals surface area (Å²) in [6.07, 6.45) is 3.69. The molecule has 46 heavy (non-hydrogen) atoms. The van der Waals surface area contributed by atoms with E-state index in [1.54, 1.807) is 72.8 Å². The van der Waals surface area contributed by atoms with E-state index in [1.807, 2.05) is 38.1 Å².